The number of nitrogens with one attached hydrogen (secondary N) is 2. The molecule has 2 fully saturated rings. The van der Waals surface area contributed by atoms with Crippen molar-refractivity contribution in [2.75, 3.05) is 25.0 Å². The van der Waals surface area contributed by atoms with Crippen LogP contribution >= 0.6 is 0 Å². The fourth-order valence-electron chi connectivity index (χ4n) is 5.36. The molecule has 0 unspecified atom stereocenters. The third-order valence-corrected chi connectivity index (χ3v) is 7.22. The summed E-state index contributed by atoms with van der Waals surface area (Å²) in [5.41, 5.74) is -0.461. The van der Waals surface area contributed by atoms with Crippen LogP contribution in [0.3, 0.4) is 0 Å². The lowest BCUT2D eigenvalue weighted by Gasteiger charge is -2.46. The molecule has 1 aliphatic heterocycles. The fourth-order valence-corrected chi connectivity index (χ4v) is 5.36. The van der Waals surface area contributed by atoms with E-state index in [1.54, 1.807) is 24.3 Å². The number of likely N-dealkylation sites (tertiary alicyclic amines) is 1. The number of hydrogen-bond acceptors (Lipinski definition) is 5. The van der Waals surface area contributed by atoms with Gasteiger partial charge in [0.25, 0.3) is 5.56 Å². The van der Waals surface area contributed by atoms with Crippen LogP contribution in [0.4, 0.5) is 18.9 Å². The number of aromatic nitrogens is 2. The summed E-state index contributed by atoms with van der Waals surface area (Å²) in [6.07, 6.45) is 2.62. The van der Waals surface area contributed by atoms with Gasteiger partial charge in [-0.3, -0.25) is 19.5 Å². The first-order chi connectivity index (χ1) is 17.3. The van der Waals surface area contributed by atoms with E-state index in [4.69, 9.17) is 0 Å². The number of rotatable bonds is 6. The predicted molar refractivity (Wildman–Crippen MR) is 131 cm³/mol. The third-order valence-electron chi connectivity index (χ3n) is 7.22. The second-order valence-corrected chi connectivity index (χ2v) is 9.54. The van der Waals surface area contributed by atoms with Gasteiger partial charge in [0.05, 0.1) is 23.7 Å². The summed E-state index contributed by atoms with van der Waals surface area (Å²) < 4.78 is 41.7. The molecule has 0 spiro atoms. The number of anilines is 1. The Morgan fingerprint density at radius 3 is 2.47 bits per heavy atom. The molecular formula is C26H28F3N5O2. The van der Waals surface area contributed by atoms with E-state index in [9.17, 15) is 22.8 Å². The zero-order valence-electron chi connectivity index (χ0n) is 19.7. The van der Waals surface area contributed by atoms with Gasteiger partial charge >= 0.3 is 6.18 Å². The maximum Gasteiger partial charge on any atom is 0.418 e. The maximum absolute atomic E-state index is 13.3. The summed E-state index contributed by atoms with van der Waals surface area (Å²) in [7, 11) is 0. The van der Waals surface area contributed by atoms with Crippen molar-refractivity contribution in [1.29, 1.82) is 0 Å². The second-order valence-electron chi connectivity index (χ2n) is 9.54. The van der Waals surface area contributed by atoms with Crippen LogP contribution < -0.4 is 16.2 Å². The van der Waals surface area contributed by atoms with Crippen molar-refractivity contribution < 1.29 is 18.0 Å². The fraction of sp³-hybridized carbons (Fsp3) is 0.423. The first kappa shape index (κ1) is 24.3. The van der Waals surface area contributed by atoms with E-state index >= 15 is 0 Å². The average molecular weight is 500 g/mol. The Morgan fingerprint density at radius 1 is 1.00 bits per heavy atom. The molecule has 10 heteroatoms. The molecule has 5 rings (SSSR count). The quantitative estimate of drug-likeness (QED) is 0.539. The van der Waals surface area contributed by atoms with E-state index in [1.165, 1.54) is 12.3 Å². The molecule has 1 saturated carbocycles. The highest BCUT2D eigenvalue weighted by Crippen LogP contribution is 2.36. The topological polar surface area (TPSA) is 79.3 Å². The van der Waals surface area contributed by atoms with Crippen LogP contribution in [0.15, 0.2) is 59.7 Å². The Morgan fingerprint density at radius 2 is 1.75 bits per heavy atom. The average Bonchev–Trinajstić information content (AvgIpc) is 2.84. The largest absolute Gasteiger partial charge is 0.418 e. The van der Waals surface area contributed by atoms with E-state index in [0.717, 1.165) is 44.8 Å². The number of para-hydroxylation sites is 1. The molecule has 1 saturated heterocycles. The van der Waals surface area contributed by atoms with Gasteiger partial charge < -0.3 is 15.2 Å². The van der Waals surface area contributed by atoms with Gasteiger partial charge in [0.1, 0.15) is 0 Å². The van der Waals surface area contributed by atoms with Crippen molar-refractivity contribution in [2.24, 2.45) is 0 Å². The lowest BCUT2D eigenvalue weighted by Crippen LogP contribution is -2.63. The highest BCUT2D eigenvalue weighted by molar-refractivity contribution is 5.94. The predicted octanol–water partition coefficient (Wildman–Crippen LogP) is 3.81. The molecule has 190 valence electrons. The molecule has 36 heavy (non-hydrogen) atoms. The summed E-state index contributed by atoms with van der Waals surface area (Å²) in [4.78, 5) is 30.8. The number of carbonyl (C=O) groups excluding carboxylic acids is 1. The van der Waals surface area contributed by atoms with Gasteiger partial charge in [0.2, 0.25) is 5.91 Å². The number of pyridine rings is 2. The Balaban J connectivity index is 1.09. The summed E-state index contributed by atoms with van der Waals surface area (Å²) >= 11 is 0. The van der Waals surface area contributed by atoms with Gasteiger partial charge in [-0.05, 0) is 43.9 Å². The number of carbonyl (C=O) groups is 1. The lowest BCUT2D eigenvalue weighted by molar-refractivity contribution is -0.136. The van der Waals surface area contributed by atoms with Crippen molar-refractivity contribution in [1.82, 2.24) is 19.8 Å². The van der Waals surface area contributed by atoms with Crippen molar-refractivity contribution in [3.63, 3.8) is 0 Å². The SMILES string of the molecule is O=C(CNc1ccnc2c(C(F)(F)F)cccc12)NC1CN(C2CCC(n3ccccc3=O)CC2)C1. The maximum atomic E-state index is 13.3. The summed E-state index contributed by atoms with van der Waals surface area (Å²) in [6.45, 7) is 1.52. The van der Waals surface area contributed by atoms with E-state index in [1.807, 2.05) is 16.8 Å². The highest BCUT2D eigenvalue weighted by Gasteiger charge is 2.36. The van der Waals surface area contributed by atoms with Crippen LogP contribution in [0, 0.1) is 0 Å². The molecule has 1 amide bonds. The number of nitrogens with zero attached hydrogens (tertiary/aromatic N) is 3. The van der Waals surface area contributed by atoms with E-state index in [-0.39, 0.29) is 35.6 Å². The molecule has 7 nitrogen and oxygen atoms in total. The Labute approximate surface area is 206 Å². The number of hydrogen-bond donors (Lipinski definition) is 2. The normalized spacial score (nSPS) is 21.2. The lowest BCUT2D eigenvalue weighted by atomic mass is 9.88. The molecular weight excluding hydrogens is 471 g/mol. The van der Waals surface area contributed by atoms with Crippen LogP contribution in [-0.2, 0) is 11.0 Å². The molecule has 1 aliphatic carbocycles. The van der Waals surface area contributed by atoms with E-state index < -0.39 is 11.7 Å². The molecule has 0 atom stereocenters. The zero-order valence-corrected chi connectivity index (χ0v) is 19.7. The first-order valence-electron chi connectivity index (χ1n) is 12.2. The molecule has 2 aromatic heterocycles. The number of benzene rings is 1. The minimum Gasteiger partial charge on any atom is -0.376 e. The van der Waals surface area contributed by atoms with E-state index in [2.05, 4.69) is 20.5 Å². The number of fused-ring (bicyclic) bond motifs is 1. The van der Waals surface area contributed by atoms with Crippen LogP contribution in [0.5, 0.6) is 0 Å². The molecule has 2 aliphatic rings. The molecule has 2 N–H and O–H groups in total. The summed E-state index contributed by atoms with van der Waals surface area (Å²) in [6, 6.07) is 11.5. The minimum absolute atomic E-state index is 0.0389. The van der Waals surface area contributed by atoms with Gasteiger partial charge in [-0.2, -0.15) is 13.2 Å². The monoisotopic (exact) mass is 499 g/mol. The Kier molecular flexibility index (Phi) is 6.70. The summed E-state index contributed by atoms with van der Waals surface area (Å²) in [5.74, 6) is -0.205. The van der Waals surface area contributed by atoms with Gasteiger partial charge in [-0.1, -0.05) is 18.2 Å². The van der Waals surface area contributed by atoms with Gasteiger partial charge in [-0.15, -0.1) is 0 Å². The molecule has 1 aromatic carbocycles. The van der Waals surface area contributed by atoms with Crippen LogP contribution in [0.1, 0.15) is 37.3 Å². The van der Waals surface area contributed by atoms with Gasteiger partial charge in [-0.25, -0.2) is 0 Å². The van der Waals surface area contributed by atoms with Gasteiger partial charge in [0.15, 0.2) is 0 Å². The smallest absolute Gasteiger partial charge is 0.376 e. The van der Waals surface area contributed by atoms with Crippen molar-refractivity contribution in [2.45, 2.75) is 50.0 Å². The van der Waals surface area contributed by atoms with Crippen LogP contribution in [-0.4, -0.2) is 52.1 Å². The number of halogens is 3. The minimum atomic E-state index is -4.50. The molecule has 3 aromatic rings. The zero-order chi connectivity index (χ0) is 25.3. The highest BCUT2D eigenvalue weighted by atomic mass is 19.4. The van der Waals surface area contributed by atoms with Crippen LogP contribution in [0.25, 0.3) is 10.9 Å². The van der Waals surface area contributed by atoms with Crippen molar-refractivity contribution in [3.8, 4) is 0 Å². The number of alkyl halides is 3. The molecule has 0 bridgehead atoms. The molecule has 0 radical (unpaired) electrons. The third kappa shape index (κ3) is 5.09. The Hall–Kier alpha value is -3.40. The van der Waals surface area contributed by atoms with Crippen molar-refractivity contribution >= 4 is 22.5 Å². The van der Waals surface area contributed by atoms with E-state index in [0.29, 0.717) is 17.1 Å². The number of amides is 1. The Bertz CT molecular complexity index is 1290. The second kappa shape index (κ2) is 9.93. The van der Waals surface area contributed by atoms with Gasteiger partial charge in [0, 0.05) is 54.7 Å². The van der Waals surface area contributed by atoms with Crippen molar-refractivity contribution in [3.05, 3.63) is 70.8 Å². The molecule has 3 heterocycles. The first-order valence-corrected chi connectivity index (χ1v) is 12.2. The standard InChI is InChI=1S/C26H28F3N5O2/c27-26(28,29)21-5-3-4-20-22(11-12-30-25(20)21)31-14-23(35)32-17-15-33(16-17)18-7-9-19(10-8-18)34-13-2-1-6-24(34)36/h1-6,11-13,17-19H,7-10,14-16H2,(H,30,31)(H,32,35). The summed E-state index contributed by atoms with van der Waals surface area (Å²) in [5, 5.41) is 6.28. The van der Waals surface area contributed by atoms with Crippen LogP contribution in [0.2, 0.25) is 0 Å².